The molecule has 0 amide bonds. The predicted molar refractivity (Wildman–Crippen MR) is 65.2 cm³/mol. The van der Waals surface area contributed by atoms with Crippen molar-refractivity contribution in [3.63, 3.8) is 0 Å². The lowest BCUT2D eigenvalue weighted by Gasteiger charge is -2.08. The highest BCUT2D eigenvalue weighted by Gasteiger charge is 1.97. The Balaban J connectivity index is 2.50. The van der Waals surface area contributed by atoms with E-state index in [1.165, 1.54) is 0 Å². The Labute approximate surface area is 91.4 Å². The molecular weight excluding hydrogens is 184 g/mol. The molecule has 15 heavy (non-hydrogen) atoms. The Morgan fingerprint density at radius 2 is 2.13 bits per heavy atom. The van der Waals surface area contributed by atoms with Gasteiger partial charge in [-0.15, -0.1) is 0 Å². The molecule has 0 aliphatic rings. The molecule has 0 atom stereocenters. The number of hydrogen-bond acceptors (Lipinski definition) is 1. The Kier molecular flexibility index (Phi) is 4.42. The molecule has 1 rings (SSSR count). The Bertz CT molecular complexity index is 375. The van der Waals surface area contributed by atoms with Crippen molar-refractivity contribution in [2.45, 2.75) is 6.92 Å². The number of aryl methyl sites for hydroxylation is 1. The van der Waals surface area contributed by atoms with E-state index >= 15 is 0 Å². The summed E-state index contributed by atoms with van der Waals surface area (Å²) in [5.41, 5.74) is 2.07. The monoisotopic (exact) mass is 200 g/mol. The molecule has 0 aromatic heterocycles. The first-order chi connectivity index (χ1) is 7.24. The highest BCUT2D eigenvalue weighted by Crippen LogP contribution is 2.16. The minimum atomic E-state index is 0.509. The average molecular weight is 200 g/mol. The molecule has 0 saturated heterocycles. The minimum Gasteiger partial charge on any atom is -0.489 e. The van der Waals surface area contributed by atoms with Crippen molar-refractivity contribution >= 4 is 0 Å². The summed E-state index contributed by atoms with van der Waals surface area (Å²) in [6.45, 7) is 10.0. The lowest BCUT2D eigenvalue weighted by molar-refractivity contribution is 0.353. The first kappa shape index (κ1) is 11.3. The maximum absolute atomic E-state index is 5.61. The fraction of sp³-hybridized carbons (Fsp3) is 0.143. The van der Waals surface area contributed by atoms with Crippen molar-refractivity contribution in [1.82, 2.24) is 0 Å². The molecule has 1 aromatic carbocycles. The molecule has 0 heterocycles. The molecule has 0 N–H and O–H groups in total. The fourth-order valence-electron chi connectivity index (χ4n) is 1.14. The van der Waals surface area contributed by atoms with Crippen LogP contribution in [0.1, 0.15) is 5.56 Å². The number of para-hydroxylation sites is 1. The van der Waals surface area contributed by atoms with Gasteiger partial charge in [0.15, 0.2) is 0 Å². The molecule has 1 aromatic rings. The van der Waals surface area contributed by atoms with Crippen molar-refractivity contribution in [2.24, 2.45) is 0 Å². The van der Waals surface area contributed by atoms with Gasteiger partial charge in [-0.2, -0.15) is 0 Å². The zero-order chi connectivity index (χ0) is 11.1. The third kappa shape index (κ3) is 3.86. The zero-order valence-electron chi connectivity index (χ0n) is 9.07. The lowest BCUT2D eigenvalue weighted by atomic mass is 10.2. The van der Waals surface area contributed by atoms with E-state index in [4.69, 9.17) is 4.74 Å². The quantitative estimate of drug-likeness (QED) is 0.659. The van der Waals surface area contributed by atoms with Gasteiger partial charge < -0.3 is 4.74 Å². The molecule has 0 radical (unpaired) electrons. The van der Waals surface area contributed by atoms with E-state index in [0.29, 0.717) is 6.61 Å². The number of ether oxygens (including phenoxy) is 1. The third-order valence-corrected chi connectivity index (χ3v) is 1.97. The van der Waals surface area contributed by atoms with Crippen LogP contribution >= 0.6 is 0 Å². The minimum absolute atomic E-state index is 0.509. The highest BCUT2D eigenvalue weighted by atomic mass is 16.5. The van der Waals surface area contributed by atoms with Gasteiger partial charge in [0.1, 0.15) is 12.4 Å². The second-order valence-corrected chi connectivity index (χ2v) is 3.31. The number of rotatable bonds is 5. The maximum atomic E-state index is 5.61. The van der Waals surface area contributed by atoms with Crippen molar-refractivity contribution in [3.8, 4) is 5.75 Å². The van der Waals surface area contributed by atoms with Crippen molar-refractivity contribution in [2.75, 3.05) is 6.61 Å². The molecule has 0 spiro atoms. The summed E-state index contributed by atoms with van der Waals surface area (Å²) < 4.78 is 5.61. The van der Waals surface area contributed by atoms with Crippen LogP contribution in [-0.2, 0) is 0 Å². The van der Waals surface area contributed by atoms with E-state index in [-0.39, 0.29) is 0 Å². The van der Waals surface area contributed by atoms with Crippen LogP contribution < -0.4 is 4.74 Å². The molecular formula is C14H16O. The summed E-state index contributed by atoms with van der Waals surface area (Å²) >= 11 is 0. The van der Waals surface area contributed by atoms with Gasteiger partial charge in [-0.05, 0) is 24.1 Å². The normalized spacial score (nSPS) is 10.2. The van der Waals surface area contributed by atoms with Gasteiger partial charge in [-0.1, -0.05) is 49.6 Å². The largest absolute Gasteiger partial charge is 0.489 e. The summed E-state index contributed by atoms with van der Waals surface area (Å²) in [6, 6.07) is 7.94. The smallest absolute Gasteiger partial charge is 0.122 e. The second kappa shape index (κ2) is 5.86. The van der Waals surface area contributed by atoms with E-state index in [2.05, 4.69) is 13.2 Å². The van der Waals surface area contributed by atoms with Gasteiger partial charge in [0.25, 0.3) is 0 Å². The molecule has 0 fully saturated rings. The maximum Gasteiger partial charge on any atom is 0.122 e. The van der Waals surface area contributed by atoms with E-state index < -0.39 is 0 Å². The molecule has 0 aliphatic heterocycles. The third-order valence-electron chi connectivity index (χ3n) is 1.97. The number of hydrogen-bond donors (Lipinski definition) is 0. The molecule has 1 heteroatoms. The van der Waals surface area contributed by atoms with Crippen molar-refractivity contribution < 1.29 is 4.74 Å². The van der Waals surface area contributed by atoms with Crippen LogP contribution in [0, 0.1) is 6.92 Å². The van der Waals surface area contributed by atoms with Gasteiger partial charge >= 0.3 is 0 Å². The molecule has 78 valence electrons. The summed E-state index contributed by atoms with van der Waals surface area (Å²) in [5, 5.41) is 0. The molecule has 0 bridgehead atoms. The summed E-state index contributed by atoms with van der Waals surface area (Å²) in [4.78, 5) is 0. The molecule has 0 saturated carbocycles. The highest BCUT2D eigenvalue weighted by molar-refractivity contribution is 5.32. The SMILES string of the molecule is C=C/C=C\C(=C)COc1ccccc1C. The van der Waals surface area contributed by atoms with E-state index in [1.807, 2.05) is 43.3 Å². The predicted octanol–water partition coefficient (Wildman–Crippen LogP) is 3.67. The van der Waals surface area contributed by atoms with E-state index in [0.717, 1.165) is 16.9 Å². The molecule has 0 aliphatic carbocycles. The van der Waals surface area contributed by atoms with Crippen LogP contribution in [0.4, 0.5) is 0 Å². The Hall–Kier alpha value is -1.76. The second-order valence-electron chi connectivity index (χ2n) is 3.31. The van der Waals surface area contributed by atoms with Crippen LogP contribution in [-0.4, -0.2) is 6.61 Å². The zero-order valence-corrected chi connectivity index (χ0v) is 9.07. The van der Waals surface area contributed by atoms with E-state index in [1.54, 1.807) is 6.08 Å². The number of benzene rings is 1. The molecule has 0 unspecified atom stereocenters. The standard InChI is InChI=1S/C14H16O/c1-4-5-8-12(2)11-15-14-10-7-6-9-13(14)3/h4-10H,1-2,11H2,3H3/b8-5-. The van der Waals surface area contributed by atoms with Crippen LogP contribution in [0.2, 0.25) is 0 Å². The van der Waals surface area contributed by atoms with Gasteiger partial charge in [0.2, 0.25) is 0 Å². The van der Waals surface area contributed by atoms with Crippen LogP contribution in [0.25, 0.3) is 0 Å². The summed E-state index contributed by atoms with van der Waals surface area (Å²) in [5.74, 6) is 0.908. The number of allylic oxidation sites excluding steroid dienone is 2. The van der Waals surface area contributed by atoms with Crippen molar-refractivity contribution in [1.29, 1.82) is 0 Å². The van der Waals surface area contributed by atoms with Gasteiger partial charge in [-0.3, -0.25) is 0 Å². The Morgan fingerprint density at radius 3 is 2.80 bits per heavy atom. The fourth-order valence-corrected chi connectivity index (χ4v) is 1.14. The average Bonchev–Trinajstić information content (AvgIpc) is 2.25. The first-order valence-electron chi connectivity index (χ1n) is 4.89. The topological polar surface area (TPSA) is 9.23 Å². The molecule has 1 nitrogen and oxygen atoms in total. The first-order valence-corrected chi connectivity index (χ1v) is 4.89. The Morgan fingerprint density at radius 1 is 1.40 bits per heavy atom. The van der Waals surface area contributed by atoms with Gasteiger partial charge in [0.05, 0.1) is 0 Å². The van der Waals surface area contributed by atoms with Gasteiger partial charge in [-0.25, -0.2) is 0 Å². The van der Waals surface area contributed by atoms with Crippen LogP contribution in [0.15, 0.2) is 61.2 Å². The van der Waals surface area contributed by atoms with Crippen molar-refractivity contribution in [3.05, 3.63) is 66.8 Å². The van der Waals surface area contributed by atoms with Gasteiger partial charge in [0, 0.05) is 0 Å². The lowest BCUT2D eigenvalue weighted by Crippen LogP contribution is -1.99. The summed E-state index contributed by atoms with van der Waals surface area (Å²) in [6.07, 6.45) is 5.47. The van der Waals surface area contributed by atoms with Crippen LogP contribution in [0.5, 0.6) is 5.75 Å². The van der Waals surface area contributed by atoms with E-state index in [9.17, 15) is 0 Å². The summed E-state index contributed by atoms with van der Waals surface area (Å²) in [7, 11) is 0. The van der Waals surface area contributed by atoms with Crippen LogP contribution in [0.3, 0.4) is 0 Å².